The maximum absolute atomic E-state index is 9.61. The van der Waals surface area contributed by atoms with Crippen LogP contribution < -0.4 is 0 Å². The van der Waals surface area contributed by atoms with Crippen LogP contribution in [0.3, 0.4) is 0 Å². The van der Waals surface area contributed by atoms with Crippen molar-refractivity contribution in [2.75, 3.05) is 6.54 Å². The van der Waals surface area contributed by atoms with Gasteiger partial charge in [-0.25, -0.2) is 9.79 Å². The third-order valence-corrected chi connectivity index (χ3v) is 1.05. The van der Waals surface area contributed by atoms with Gasteiger partial charge in [-0.05, 0) is 6.40 Å². The summed E-state index contributed by atoms with van der Waals surface area (Å²) in [6.07, 6.45) is 4.20. The summed E-state index contributed by atoms with van der Waals surface area (Å²) < 4.78 is 7.31. The molecule has 0 heterocycles. The predicted molar refractivity (Wildman–Crippen MR) is 37.1 cm³/mol. The van der Waals surface area contributed by atoms with E-state index in [1.54, 1.807) is 0 Å². The van der Waals surface area contributed by atoms with Crippen LogP contribution in [0.25, 0.3) is 0 Å². The third-order valence-electron chi connectivity index (χ3n) is 1.05. The van der Waals surface area contributed by atoms with Gasteiger partial charge in [-0.3, -0.25) is 0 Å². The molecule has 0 saturated heterocycles. The molecule has 0 aliphatic rings. The van der Waals surface area contributed by atoms with Crippen LogP contribution in [0.1, 0.15) is 34.0 Å². The van der Waals surface area contributed by atoms with Crippen LogP contribution in [-0.2, 0) is 4.79 Å². The quantitative estimate of drug-likeness (QED) is 0.410. The first-order valence-corrected chi connectivity index (χ1v) is 3.27. The van der Waals surface area contributed by atoms with Gasteiger partial charge >= 0.3 is 0 Å². The number of nitrogens with zero attached hydrogens (tertiary/aromatic N) is 1. The molecule has 0 rings (SSSR count). The first-order valence-electron chi connectivity index (χ1n) is 3.84. The first-order chi connectivity index (χ1) is 4.81. The second-order valence-electron chi connectivity index (χ2n) is 1.86. The van der Waals surface area contributed by atoms with E-state index in [0.29, 0.717) is 6.54 Å². The molecular formula is C7H13NO. The molecule has 0 aromatic rings. The predicted octanol–water partition coefficient (Wildman–Crippen LogP) is 1.90. The average Bonchev–Trinajstić information content (AvgIpc) is 1.97. The summed E-state index contributed by atoms with van der Waals surface area (Å²) in [6.45, 7) is 2.39. The molecule has 2 nitrogen and oxygen atoms in total. The van der Waals surface area contributed by atoms with Crippen LogP contribution in [0, 0.1) is 0 Å². The number of hydrogen-bond donors (Lipinski definition) is 0. The van der Waals surface area contributed by atoms with Crippen molar-refractivity contribution in [2.24, 2.45) is 4.99 Å². The molecule has 1 atom stereocenters. The van der Waals surface area contributed by atoms with Gasteiger partial charge in [0.05, 0.1) is 6.54 Å². The van der Waals surface area contributed by atoms with Gasteiger partial charge in [0.15, 0.2) is 0 Å². The summed E-state index contributed by atoms with van der Waals surface area (Å²) in [4.78, 5) is 12.9. The van der Waals surface area contributed by atoms with Gasteiger partial charge in [0.25, 0.3) is 0 Å². The van der Waals surface area contributed by atoms with E-state index in [9.17, 15) is 4.79 Å². The molecule has 2 heteroatoms. The van der Waals surface area contributed by atoms with Crippen LogP contribution >= 0.6 is 0 Å². The Kier molecular flexibility index (Phi) is 5.33. The van der Waals surface area contributed by atoms with Crippen molar-refractivity contribution in [3.8, 4) is 0 Å². The minimum Gasteiger partial charge on any atom is -0.211 e. The maximum Gasteiger partial charge on any atom is 0.234 e. The normalized spacial score (nSPS) is 13.7. The molecule has 0 spiro atoms. The Balaban J connectivity index is 3.24. The monoisotopic (exact) mass is 128 g/mol. The zero-order chi connectivity index (χ0) is 7.82. The highest BCUT2D eigenvalue weighted by Crippen LogP contribution is 1.97. The van der Waals surface area contributed by atoms with Gasteiger partial charge in [0.2, 0.25) is 6.08 Å². The average molecular weight is 128 g/mol. The minimum atomic E-state index is -0.207. The SMILES string of the molecule is [2H]C(CCCC)CN=C=O. The van der Waals surface area contributed by atoms with Gasteiger partial charge < -0.3 is 0 Å². The number of aliphatic imine (C=N–C) groups is 1. The summed E-state index contributed by atoms with van der Waals surface area (Å²) in [5, 5.41) is 0. The maximum atomic E-state index is 9.61. The topological polar surface area (TPSA) is 29.4 Å². The van der Waals surface area contributed by atoms with E-state index >= 15 is 0 Å². The van der Waals surface area contributed by atoms with Crippen LogP contribution in [0.2, 0.25) is 0 Å². The van der Waals surface area contributed by atoms with Crippen molar-refractivity contribution < 1.29 is 6.17 Å². The van der Waals surface area contributed by atoms with E-state index in [1.807, 2.05) is 0 Å². The molecular weight excluding hydrogens is 114 g/mol. The third kappa shape index (κ3) is 7.38. The second kappa shape index (κ2) is 7.38. The number of unbranched alkanes of at least 4 members (excludes halogenated alkanes) is 1. The Morgan fingerprint density at radius 3 is 3.00 bits per heavy atom. The lowest BCUT2D eigenvalue weighted by molar-refractivity contribution is 0.561. The zero-order valence-corrected chi connectivity index (χ0v) is 5.76. The van der Waals surface area contributed by atoms with Crippen molar-refractivity contribution >= 4 is 6.08 Å². The van der Waals surface area contributed by atoms with Crippen molar-refractivity contribution in [2.45, 2.75) is 32.6 Å². The Morgan fingerprint density at radius 1 is 1.67 bits per heavy atom. The van der Waals surface area contributed by atoms with Crippen molar-refractivity contribution in [1.29, 1.82) is 0 Å². The molecule has 0 aromatic heterocycles. The Morgan fingerprint density at radius 2 is 2.44 bits per heavy atom. The Bertz CT molecular complexity index is 121. The molecule has 0 aromatic carbocycles. The number of rotatable bonds is 5. The molecule has 0 fully saturated rings. The van der Waals surface area contributed by atoms with Crippen LogP contribution in [0.4, 0.5) is 0 Å². The lowest BCUT2D eigenvalue weighted by Gasteiger charge is -1.90. The summed E-state index contributed by atoms with van der Waals surface area (Å²) in [5.41, 5.74) is 0. The largest absolute Gasteiger partial charge is 0.234 e. The molecule has 0 bridgehead atoms. The molecule has 9 heavy (non-hydrogen) atoms. The highest BCUT2D eigenvalue weighted by molar-refractivity contribution is 5.32. The van der Waals surface area contributed by atoms with Gasteiger partial charge in [0, 0.05) is 1.37 Å². The van der Waals surface area contributed by atoms with Gasteiger partial charge in [-0.1, -0.05) is 26.2 Å². The van der Waals surface area contributed by atoms with E-state index in [1.165, 1.54) is 6.08 Å². The van der Waals surface area contributed by atoms with E-state index < -0.39 is 0 Å². The van der Waals surface area contributed by atoms with E-state index in [0.717, 1.165) is 19.3 Å². The van der Waals surface area contributed by atoms with Crippen molar-refractivity contribution in [3.63, 3.8) is 0 Å². The van der Waals surface area contributed by atoms with E-state index in [-0.39, 0.29) is 6.40 Å². The molecule has 0 aliphatic carbocycles. The van der Waals surface area contributed by atoms with Crippen LogP contribution in [0.15, 0.2) is 4.99 Å². The lowest BCUT2D eigenvalue weighted by Crippen LogP contribution is -1.79. The highest BCUT2D eigenvalue weighted by Gasteiger charge is 1.83. The molecule has 52 valence electrons. The number of isocyanates is 1. The minimum absolute atomic E-state index is 0.207. The van der Waals surface area contributed by atoms with Crippen molar-refractivity contribution in [1.82, 2.24) is 0 Å². The second-order valence-corrected chi connectivity index (χ2v) is 1.86. The van der Waals surface area contributed by atoms with E-state index in [2.05, 4.69) is 11.9 Å². The van der Waals surface area contributed by atoms with Gasteiger partial charge in [0.1, 0.15) is 0 Å². The molecule has 1 unspecified atom stereocenters. The fourth-order valence-corrected chi connectivity index (χ4v) is 0.542. The molecule has 0 N–H and O–H groups in total. The smallest absolute Gasteiger partial charge is 0.211 e. The molecule has 0 aliphatic heterocycles. The van der Waals surface area contributed by atoms with Gasteiger partial charge in [-0.15, -0.1) is 0 Å². The Labute approximate surface area is 57.4 Å². The zero-order valence-electron chi connectivity index (χ0n) is 6.76. The molecule has 0 amide bonds. The van der Waals surface area contributed by atoms with Crippen LogP contribution in [-0.4, -0.2) is 12.6 Å². The number of hydrogen-bond acceptors (Lipinski definition) is 2. The fraction of sp³-hybridized carbons (Fsp3) is 0.857. The summed E-state index contributed by atoms with van der Waals surface area (Å²) >= 11 is 0. The fourth-order valence-electron chi connectivity index (χ4n) is 0.542. The van der Waals surface area contributed by atoms with Gasteiger partial charge in [-0.2, -0.15) is 0 Å². The molecule has 0 saturated carbocycles. The summed E-state index contributed by atoms with van der Waals surface area (Å²) in [7, 11) is 0. The summed E-state index contributed by atoms with van der Waals surface area (Å²) in [6, 6.07) is 0. The lowest BCUT2D eigenvalue weighted by atomic mass is 10.2. The Hall–Kier alpha value is -0.620. The molecule has 0 radical (unpaired) electrons. The number of carbonyl (C=O) groups excluding carboxylic acids is 1. The van der Waals surface area contributed by atoms with E-state index in [4.69, 9.17) is 1.37 Å². The van der Waals surface area contributed by atoms with Crippen molar-refractivity contribution in [3.05, 3.63) is 0 Å². The summed E-state index contributed by atoms with van der Waals surface area (Å²) in [5.74, 6) is 0. The highest BCUT2D eigenvalue weighted by atomic mass is 16.1. The van der Waals surface area contributed by atoms with Crippen LogP contribution in [0.5, 0.6) is 0 Å². The standard InChI is InChI=1S/C7H13NO/c1-2-3-4-5-6-8-7-9/h2-6H2,1H3/i5D. The first kappa shape index (κ1) is 6.50.